The minimum atomic E-state index is -0.00219. The van der Waals surface area contributed by atoms with Gasteiger partial charge in [-0.15, -0.1) is 0 Å². The quantitative estimate of drug-likeness (QED) is 0.875. The number of nitrogens with one attached hydrogen (secondary N) is 2. The van der Waals surface area contributed by atoms with Crippen molar-refractivity contribution in [2.45, 2.75) is 0 Å². The standard InChI is InChI=1S/C13H18BrN3O/c14-12-3-1-11(2-4-12)13(18)16-7-10-17-8-5-15-6-9-17/h1-4,15H,5-10H2,(H,16,18). The summed E-state index contributed by atoms with van der Waals surface area (Å²) < 4.78 is 0.986. The van der Waals surface area contributed by atoms with Gasteiger partial charge in [-0.3, -0.25) is 9.69 Å². The molecule has 4 nitrogen and oxygen atoms in total. The van der Waals surface area contributed by atoms with Crippen LogP contribution in [0.25, 0.3) is 0 Å². The lowest BCUT2D eigenvalue weighted by Crippen LogP contribution is -2.46. The van der Waals surface area contributed by atoms with Crippen molar-refractivity contribution in [3.05, 3.63) is 34.3 Å². The number of rotatable bonds is 4. The highest BCUT2D eigenvalue weighted by Gasteiger charge is 2.09. The molecule has 1 fully saturated rings. The Morgan fingerprint density at radius 1 is 1.28 bits per heavy atom. The highest BCUT2D eigenvalue weighted by Crippen LogP contribution is 2.10. The van der Waals surface area contributed by atoms with Crippen LogP contribution in [0.15, 0.2) is 28.7 Å². The highest BCUT2D eigenvalue weighted by molar-refractivity contribution is 9.10. The zero-order valence-electron chi connectivity index (χ0n) is 10.3. The van der Waals surface area contributed by atoms with E-state index in [1.165, 1.54) is 0 Å². The first kappa shape index (κ1) is 13.5. The second-order valence-electron chi connectivity index (χ2n) is 4.35. The van der Waals surface area contributed by atoms with Crippen LogP contribution in [-0.4, -0.2) is 50.1 Å². The first-order chi connectivity index (χ1) is 8.75. The molecular formula is C13H18BrN3O. The van der Waals surface area contributed by atoms with E-state index in [-0.39, 0.29) is 5.91 Å². The number of nitrogens with zero attached hydrogens (tertiary/aromatic N) is 1. The first-order valence-electron chi connectivity index (χ1n) is 6.22. The van der Waals surface area contributed by atoms with Gasteiger partial charge in [0.25, 0.3) is 5.91 Å². The van der Waals surface area contributed by atoms with Gasteiger partial charge in [-0.25, -0.2) is 0 Å². The lowest BCUT2D eigenvalue weighted by molar-refractivity contribution is 0.0947. The Bertz CT molecular complexity index is 388. The molecule has 2 N–H and O–H groups in total. The van der Waals surface area contributed by atoms with E-state index in [9.17, 15) is 4.79 Å². The van der Waals surface area contributed by atoms with Crippen molar-refractivity contribution in [3.63, 3.8) is 0 Å². The van der Waals surface area contributed by atoms with Crippen molar-refractivity contribution < 1.29 is 4.79 Å². The lowest BCUT2D eigenvalue weighted by Gasteiger charge is -2.27. The van der Waals surface area contributed by atoms with Crippen LogP contribution >= 0.6 is 15.9 Å². The third-order valence-corrected chi connectivity index (χ3v) is 3.56. The van der Waals surface area contributed by atoms with Crippen LogP contribution in [-0.2, 0) is 0 Å². The maximum absolute atomic E-state index is 11.8. The third-order valence-electron chi connectivity index (χ3n) is 3.03. The Kier molecular flexibility index (Phi) is 5.16. The highest BCUT2D eigenvalue weighted by atomic mass is 79.9. The normalized spacial score (nSPS) is 16.5. The SMILES string of the molecule is O=C(NCCN1CCNCC1)c1ccc(Br)cc1. The number of hydrogen-bond acceptors (Lipinski definition) is 3. The average Bonchev–Trinajstić information content (AvgIpc) is 2.40. The fourth-order valence-corrected chi connectivity index (χ4v) is 2.23. The summed E-state index contributed by atoms with van der Waals surface area (Å²) in [5, 5.41) is 6.26. The van der Waals surface area contributed by atoms with Crippen molar-refractivity contribution in [1.29, 1.82) is 0 Å². The summed E-state index contributed by atoms with van der Waals surface area (Å²) in [7, 11) is 0. The van der Waals surface area contributed by atoms with Crippen molar-refractivity contribution in [2.75, 3.05) is 39.3 Å². The van der Waals surface area contributed by atoms with E-state index in [4.69, 9.17) is 0 Å². The molecule has 1 aromatic carbocycles. The Morgan fingerprint density at radius 2 is 1.94 bits per heavy atom. The summed E-state index contributed by atoms with van der Waals surface area (Å²) in [4.78, 5) is 14.2. The molecule has 0 aliphatic carbocycles. The number of carbonyl (C=O) groups excluding carboxylic acids is 1. The molecule has 0 spiro atoms. The van der Waals surface area contributed by atoms with E-state index in [0.29, 0.717) is 12.1 Å². The van der Waals surface area contributed by atoms with E-state index in [0.717, 1.165) is 37.2 Å². The van der Waals surface area contributed by atoms with E-state index in [1.807, 2.05) is 24.3 Å². The van der Waals surface area contributed by atoms with Crippen molar-refractivity contribution >= 4 is 21.8 Å². The van der Waals surface area contributed by atoms with E-state index < -0.39 is 0 Å². The number of benzene rings is 1. The molecule has 1 heterocycles. The summed E-state index contributed by atoms with van der Waals surface area (Å²) in [6.45, 7) is 5.84. The summed E-state index contributed by atoms with van der Waals surface area (Å²) in [5.41, 5.74) is 0.707. The van der Waals surface area contributed by atoms with E-state index >= 15 is 0 Å². The molecule has 1 saturated heterocycles. The third kappa shape index (κ3) is 4.08. The van der Waals surface area contributed by atoms with Gasteiger partial charge in [-0.1, -0.05) is 15.9 Å². The van der Waals surface area contributed by atoms with Gasteiger partial charge in [-0.05, 0) is 24.3 Å². The van der Waals surface area contributed by atoms with Crippen LogP contribution in [0.4, 0.5) is 0 Å². The largest absolute Gasteiger partial charge is 0.351 e. The number of halogens is 1. The molecule has 0 unspecified atom stereocenters. The van der Waals surface area contributed by atoms with E-state index in [2.05, 4.69) is 31.5 Å². The van der Waals surface area contributed by atoms with Crippen LogP contribution in [0.1, 0.15) is 10.4 Å². The van der Waals surface area contributed by atoms with Crippen LogP contribution in [0.3, 0.4) is 0 Å². The Labute approximate surface area is 116 Å². The Balaban J connectivity index is 1.72. The fourth-order valence-electron chi connectivity index (χ4n) is 1.97. The monoisotopic (exact) mass is 311 g/mol. The van der Waals surface area contributed by atoms with Gasteiger partial charge in [0.05, 0.1) is 0 Å². The predicted molar refractivity (Wildman–Crippen MR) is 75.8 cm³/mol. The minimum Gasteiger partial charge on any atom is -0.351 e. The molecular weight excluding hydrogens is 294 g/mol. The van der Waals surface area contributed by atoms with Gasteiger partial charge in [0, 0.05) is 49.3 Å². The molecule has 0 atom stereocenters. The van der Waals surface area contributed by atoms with Crippen LogP contribution < -0.4 is 10.6 Å². The molecule has 5 heteroatoms. The van der Waals surface area contributed by atoms with Crippen LogP contribution in [0.5, 0.6) is 0 Å². The van der Waals surface area contributed by atoms with Crippen molar-refractivity contribution in [2.24, 2.45) is 0 Å². The predicted octanol–water partition coefficient (Wildman–Crippen LogP) is 1.08. The second kappa shape index (κ2) is 6.87. The van der Waals surface area contributed by atoms with Gasteiger partial charge in [0.1, 0.15) is 0 Å². The molecule has 2 rings (SSSR count). The number of hydrogen-bond donors (Lipinski definition) is 2. The van der Waals surface area contributed by atoms with Gasteiger partial charge < -0.3 is 10.6 Å². The molecule has 0 aromatic heterocycles. The van der Waals surface area contributed by atoms with Gasteiger partial charge in [0.2, 0.25) is 0 Å². The smallest absolute Gasteiger partial charge is 0.251 e. The molecule has 0 bridgehead atoms. The maximum atomic E-state index is 11.8. The number of amides is 1. The molecule has 0 radical (unpaired) electrons. The second-order valence-corrected chi connectivity index (χ2v) is 5.27. The van der Waals surface area contributed by atoms with Crippen LogP contribution in [0.2, 0.25) is 0 Å². The fraction of sp³-hybridized carbons (Fsp3) is 0.462. The molecule has 1 aliphatic heterocycles. The molecule has 18 heavy (non-hydrogen) atoms. The van der Waals surface area contributed by atoms with E-state index in [1.54, 1.807) is 0 Å². The minimum absolute atomic E-state index is 0.00219. The molecule has 0 saturated carbocycles. The summed E-state index contributed by atoms with van der Waals surface area (Å²) in [5.74, 6) is -0.00219. The molecule has 1 aromatic rings. The lowest BCUT2D eigenvalue weighted by atomic mass is 10.2. The number of piperazine rings is 1. The first-order valence-corrected chi connectivity index (χ1v) is 7.02. The number of carbonyl (C=O) groups is 1. The Hall–Kier alpha value is -0.910. The molecule has 1 amide bonds. The molecule has 98 valence electrons. The Morgan fingerprint density at radius 3 is 2.61 bits per heavy atom. The summed E-state index contributed by atoms with van der Waals surface area (Å²) in [6.07, 6.45) is 0. The summed E-state index contributed by atoms with van der Waals surface area (Å²) >= 11 is 3.36. The van der Waals surface area contributed by atoms with Gasteiger partial charge >= 0.3 is 0 Å². The summed E-state index contributed by atoms with van der Waals surface area (Å²) in [6, 6.07) is 7.41. The van der Waals surface area contributed by atoms with Crippen LogP contribution in [0, 0.1) is 0 Å². The zero-order valence-corrected chi connectivity index (χ0v) is 11.9. The zero-order chi connectivity index (χ0) is 12.8. The van der Waals surface area contributed by atoms with Gasteiger partial charge in [0.15, 0.2) is 0 Å². The van der Waals surface area contributed by atoms with Gasteiger partial charge in [-0.2, -0.15) is 0 Å². The topological polar surface area (TPSA) is 44.4 Å². The average molecular weight is 312 g/mol. The molecule has 1 aliphatic rings. The van der Waals surface area contributed by atoms with Crippen molar-refractivity contribution in [3.8, 4) is 0 Å². The van der Waals surface area contributed by atoms with Crippen molar-refractivity contribution in [1.82, 2.24) is 15.5 Å². The maximum Gasteiger partial charge on any atom is 0.251 e.